The van der Waals surface area contributed by atoms with Gasteiger partial charge in [0, 0.05) is 19.5 Å². The Bertz CT molecular complexity index is 881. The lowest BCUT2D eigenvalue weighted by Gasteiger charge is -2.08. The first-order valence-corrected chi connectivity index (χ1v) is 8.53. The topological polar surface area (TPSA) is 105 Å². The minimum Gasteiger partial charge on any atom is -0.497 e. The van der Waals surface area contributed by atoms with Crippen LogP contribution in [0.4, 0.5) is 5.82 Å². The molecule has 2 aromatic heterocycles. The number of H-pyrrole nitrogens is 1. The summed E-state index contributed by atoms with van der Waals surface area (Å²) >= 11 is 5.86. The normalized spacial score (nSPS) is 10.7. The quantitative estimate of drug-likeness (QED) is 0.522. The van der Waals surface area contributed by atoms with E-state index in [9.17, 15) is 4.79 Å². The number of aromatic amines is 1. The van der Waals surface area contributed by atoms with E-state index in [2.05, 4.69) is 30.6 Å². The highest BCUT2D eigenvalue weighted by molar-refractivity contribution is 6.28. The van der Waals surface area contributed by atoms with Gasteiger partial charge in [0.1, 0.15) is 11.3 Å². The molecular weight excluding hydrogens is 356 g/mol. The number of carbonyl (C=O) groups is 1. The molecule has 0 bridgehead atoms. The summed E-state index contributed by atoms with van der Waals surface area (Å²) in [5.41, 5.74) is 2.28. The van der Waals surface area contributed by atoms with Crippen LogP contribution in [0.3, 0.4) is 0 Å². The molecular formula is C17H19ClN6O2. The number of carbonyl (C=O) groups excluding carboxylic acids is 1. The molecule has 3 N–H and O–H groups in total. The van der Waals surface area contributed by atoms with E-state index in [1.165, 1.54) is 6.33 Å². The third-order valence-electron chi connectivity index (χ3n) is 3.80. The largest absolute Gasteiger partial charge is 0.497 e. The summed E-state index contributed by atoms with van der Waals surface area (Å²) in [4.78, 5) is 27.1. The predicted octanol–water partition coefficient (Wildman–Crippen LogP) is 2.18. The van der Waals surface area contributed by atoms with Crippen molar-refractivity contribution in [3.63, 3.8) is 0 Å². The van der Waals surface area contributed by atoms with Gasteiger partial charge in [0.05, 0.1) is 13.4 Å². The van der Waals surface area contributed by atoms with Gasteiger partial charge in [-0.3, -0.25) is 4.79 Å². The highest BCUT2D eigenvalue weighted by Crippen LogP contribution is 2.18. The molecule has 0 radical (unpaired) electrons. The second-order valence-corrected chi connectivity index (χ2v) is 5.91. The molecule has 136 valence electrons. The SMILES string of the molecule is COc1ccc(CCNC(=O)CCNc2nc(Cl)nc3nc[nH]c23)cc1. The number of imidazole rings is 1. The van der Waals surface area contributed by atoms with Crippen LogP contribution in [0, 0.1) is 0 Å². The lowest BCUT2D eigenvalue weighted by atomic mass is 10.1. The molecule has 2 heterocycles. The Balaban J connectivity index is 1.41. The van der Waals surface area contributed by atoms with Gasteiger partial charge >= 0.3 is 0 Å². The summed E-state index contributed by atoms with van der Waals surface area (Å²) in [5.74, 6) is 1.32. The molecule has 1 amide bonds. The van der Waals surface area contributed by atoms with Crippen molar-refractivity contribution in [2.45, 2.75) is 12.8 Å². The monoisotopic (exact) mass is 374 g/mol. The van der Waals surface area contributed by atoms with Crippen molar-refractivity contribution in [3.05, 3.63) is 41.4 Å². The molecule has 0 spiro atoms. The Morgan fingerprint density at radius 3 is 2.81 bits per heavy atom. The van der Waals surface area contributed by atoms with Crippen molar-refractivity contribution in [1.82, 2.24) is 25.3 Å². The van der Waals surface area contributed by atoms with Gasteiger partial charge < -0.3 is 20.4 Å². The van der Waals surface area contributed by atoms with E-state index in [1.54, 1.807) is 7.11 Å². The van der Waals surface area contributed by atoms with Crippen LogP contribution in [0.5, 0.6) is 5.75 Å². The maximum atomic E-state index is 12.0. The van der Waals surface area contributed by atoms with E-state index in [1.807, 2.05) is 24.3 Å². The van der Waals surface area contributed by atoms with Crippen molar-refractivity contribution in [2.24, 2.45) is 0 Å². The van der Waals surface area contributed by atoms with Gasteiger partial charge in [0.2, 0.25) is 11.2 Å². The zero-order valence-electron chi connectivity index (χ0n) is 14.3. The predicted molar refractivity (Wildman–Crippen MR) is 99.5 cm³/mol. The molecule has 26 heavy (non-hydrogen) atoms. The Hall–Kier alpha value is -2.87. The van der Waals surface area contributed by atoms with Crippen molar-refractivity contribution in [2.75, 3.05) is 25.5 Å². The van der Waals surface area contributed by atoms with Crippen molar-refractivity contribution in [3.8, 4) is 5.75 Å². The van der Waals surface area contributed by atoms with Crippen LogP contribution in [0.1, 0.15) is 12.0 Å². The van der Waals surface area contributed by atoms with Crippen LogP contribution in [0.15, 0.2) is 30.6 Å². The summed E-state index contributed by atoms with van der Waals surface area (Å²) in [6.07, 6.45) is 2.60. The van der Waals surface area contributed by atoms with E-state index in [0.29, 0.717) is 36.5 Å². The number of aromatic nitrogens is 4. The van der Waals surface area contributed by atoms with Gasteiger partial charge in [-0.25, -0.2) is 4.98 Å². The van der Waals surface area contributed by atoms with E-state index in [4.69, 9.17) is 16.3 Å². The Labute approximate surface area is 155 Å². The number of nitrogens with one attached hydrogen (secondary N) is 3. The van der Waals surface area contributed by atoms with Crippen molar-refractivity contribution >= 4 is 34.5 Å². The molecule has 0 atom stereocenters. The number of hydrogen-bond acceptors (Lipinski definition) is 6. The van der Waals surface area contributed by atoms with Gasteiger partial charge in [-0.2, -0.15) is 9.97 Å². The fraction of sp³-hybridized carbons (Fsp3) is 0.294. The summed E-state index contributed by atoms with van der Waals surface area (Å²) in [7, 11) is 1.63. The fourth-order valence-corrected chi connectivity index (χ4v) is 2.62. The number of methoxy groups -OCH3 is 1. The molecule has 0 aliphatic heterocycles. The lowest BCUT2D eigenvalue weighted by molar-refractivity contribution is -0.120. The molecule has 0 fully saturated rings. The molecule has 0 unspecified atom stereocenters. The first kappa shape index (κ1) is 17.9. The van der Waals surface area contributed by atoms with Crippen LogP contribution in [-0.2, 0) is 11.2 Å². The second kappa shape index (κ2) is 8.48. The molecule has 1 aromatic carbocycles. The molecule has 8 nitrogen and oxygen atoms in total. The van der Waals surface area contributed by atoms with Crippen LogP contribution in [-0.4, -0.2) is 46.0 Å². The number of benzene rings is 1. The van der Waals surface area contributed by atoms with Gasteiger partial charge in [0.25, 0.3) is 0 Å². The minimum atomic E-state index is -0.0352. The second-order valence-electron chi connectivity index (χ2n) is 5.57. The van der Waals surface area contributed by atoms with Crippen molar-refractivity contribution < 1.29 is 9.53 Å². The highest BCUT2D eigenvalue weighted by atomic mass is 35.5. The first-order chi connectivity index (χ1) is 12.7. The summed E-state index contributed by atoms with van der Waals surface area (Å²) in [5, 5.41) is 6.09. The van der Waals surface area contributed by atoms with Gasteiger partial charge in [0.15, 0.2) is 11.5 Å². The Kier molecular flexibility index (Phi) is 5.85. The third kappa shape index (κ3) is 4.60. The summed E-state index contributed by atoms with van der Waals surface area (Å²) in [6.45, 7) is 1.01. The highest BCUT2D eigenvalue weighted by Gasteiger charge is 2.09. The standard InChI is InChI=1S/C17H19ClN6O2/c1-26-12-4-2-11(3-5-12)6-8-19-13(25)7-9-20-15-14-16(22-10-21-14)24-17(18)23-15/h2-5,10H,6-9H2,1H3,(H,19,25)(H2,20,21,22,23,24). The number of ether oxygens (including phenoxy) is 1. The van der Waals surface area contributed by atoms with Crippen LogP contribution < -0.4 is 15.4 Å². The fourth-order valence-electron chi connectivity index (χ4n) is 2.46. The first-order valence-electron chi connectivity index (χ1n) is 8.16. The molecule has 3 aromatic rings. The van der Waals surface area contributed by atoms with Crippen LogP contribution in [0.2, 0.25) is 5.28 Å². The molecule has 0 aliphatic carbocycles. The van der Waals surface area contributed by atoms with Crippen LogP contribution >= 0.6 is 11.6 Å². The number of fused-ring (bicyclic) bond motifs is 1. The van der Waals surface area contributed by atoms with E-state index in [-0.39, 0.29) is 11.2 Å². The molecule has 0 saturated heterocycles. The van der Waals surface area contributed by atoms with Gasteiger partial charge in [-0.05, 0) is 35.7 Å². The average molecular weight is 375 g/mol. The number of hydrogen-bond donors (Lipinski definition) is 3. The van der Waals surface area contributed by atoms with E-state index >= 15 is 0 Å². The Morgan fingerprint density at radius 1 is 1.23 bits per heavy atom. The van der Waals surface area contributed by atoms with Gasteiger partial charge in [-0.15, -0.1) is 0 Å². The van der Waals surface area contributed by atoms with E-state index < -0.39 is 0 Å². The number of amides is 1. The third-order valence-corrected chi connectivity index (χ3v) is 3.97. The zero-order valence-corrected chi connectivity index (χ0v) is 15.0. The number of halogens is 1. The smallest absolute Gasteiger partial charge is 0.226 e. The van der Waals surface area contributed by atoms with Gasteiger partial charge in [-0.1, -0.05) is 12.1 Å². The summed E-state index contributed by atoms with van der Waals surface area (Å²) in [6, 6.07) is 7.79. The number of anilines is 1. The molecule has 3 rings (SSSR count). The average Bonchev–Trinajstić information content (AvgIpc) is 3.10. The van der Waals surface area contributed by atoms with Crippen LogP contribution in [0.25, 0.3) is 11.2 Å². The molecule has 0 saturated carbocycles. The zero-order chi connectivity index (χ0) is 18.4. The number of rotatable bonds is 8. The van der Waals surface area contributed by atoms with Crippen molar-refractivity contribution in [1.29, 1.82) is 0 Å². The minimum absolute atomic E-state index is 0.0352. The number of nitrogens with zero attached hydrogens (tertiary/aromatic N) is 3. The maximum absolute atomic E-state index is 12.0. The maximum Gasteiger partial charge on any atom is 0.226 e. The molecule has 9 heteroatoms. The Morgan fingerprint density at radius 2 is 2.04 bits per heavy atom. The lowest BCUT2D eigenvalue weighted by Crippen LogP contribution is -2.27. The molecule has 0 aliphatic rings. The summed E-state index contributed by atoms with van der Waals surface area (Å²) < 4.78 is 5.12. The van der Waals surface area contributed by atoms with E-state index in [0.717, 1.165) is 17.7 Å².